The van der Waals surface area contributed by atoms with E-state index >= 15 is 0 Å². The molecule has 0 aliphatic carbocycles. The van der Waals surface area contributed by atoms with E-state index in [2.05, 4.69) is 10.3 Å². The normalized spacial score (nSPS) is 10.7. The highest BCUT2D eigenvalue weighted by Crippen LogP contribution is 2.21. The van der Waals surface area contributed by atoms with Crippen molar-refractivity contribution in [2.75, 3.05) is 6.54 Å². The van der Waals surface area contributed by atoms with Crippen LogP contribution in [0.1, 0.15) is 5.56 Å². The maximum absolute atomic E-state index is 13.5. The summed E-state index contributed by atoms with van der Waals surface area (Å²) in [5, 5.41) is 13.5. The lowest BCUT2D eigenvalue weighted by molar-refractivity contribution is -0.387. The average Bonchev–Trinajstić information content (AvgIpc) is 2.89. The lowest BCUT2D eigenvalue weighted by Gasteiger charge is -2.07. The summed E-state index contributed by atoms with van der Waals surface area (Å²) in [7, 11) is 0. The van der Waals surface area contributed by atoms with Crippen molar-refractivity contribution < 1.29 is 13.7 Å². The van der Waals surface area contributed by atoms with Crippen LogP contribution in [0.15, 0.2) is 30.9 Å². The largest absolute Gasteiger partial charge is 0.336 e. The van der Waals surface area contributed by atoms with Crippen LogP contribution in [0, 0.1) is 21.7 Å². The van der Waals surface area contributed by atoms with Crippen molar-refractivity contribution in [2.45, 2.75) is 13.1 Å². The Labute approximate surface area is 113 Å². The number of nitro benzene ring substituents is 1. The molecule has 0 saturated heterocycles. The first-order valence-electron chi connectivity index (χ1n) is 5.86. The average molecular weight is 282 g/mol. The van der Waals surface area contributed by atoms with Gasteiger partial charge < -0.3 is 9.88 Å². The summed E-state index contributed by atoms with van der Waals surface area (Å²) in [4.78, 5) is 13.6. The SMILES string of the molecule is O=[N+]([O-])c1cc(CNCCn2ccnc2)c(F)cc1F. The fraction of sp³-hybridized carbons (Fsp3) is 0.250. The predicted octanol–water partition coefficient (Wildman–Crippen LogP) is 1.86. The lowest BCUT2D eigenvalue weighted by Crippen LogP contribution is -2.19. The van der Waals surface area contributed by atoms with Crippen molar-refractivity contribution >= 4 is 5.69 Å². The second kappa shape index (κ2) is 6.20. The van der Waals surface area contributed by atoms with Crippen molar-refractivity contribution in [1.29, 1.82) is 0 Å². The van der Waals surface area contributed by atoms with Gasteiger partial charge >= 0.3 is 5.69 Å². The number of imidazole rings is 1. The van der Waals surface area contributed by atoms with E-state index in [9.17, 15) is 18.9 Å². The molecular formula is C12H12F2N4O2. The molecule has 0 atom stereocenters. The number of hydrogen-bond acceptors (Lipinski definition) is 4. The highest BCUT2D eigenvalue weighted by atomic mass is 19.1. The van der Waals surface area contributed by atoms with Gasteiger partial charge in [-0.25, -0.2) is 9.37 Å². The molecule has 1 aromatic carbocycles. The maximum Gasteiger partial charge on any atom is 0.305 e. The van der Waals surface area contributed by atoms with E-state index in [0.717, 1.165) is 6.07 Å². The zero-order valence-corrected chi connectivity index (χ0v) is 10.4. The Morgan fingerprint density at radius 3 is 2.80 bits per heavy atom. The summed E-state index contributed by atoms with van der Waals surface area (Å²) >= 11 is 0. The Kier molecular flexibility index (Phi) is 4.36. The van der Waals surface area contributed by atoms with E-state index in [1.165, 1.54) is 0 Å². The van der Waals surface area contributed by atoms with Crippen LogP contribution in [0.3, 0.4) is 0 Å². The highest BCUT2D eigenvalue weighted by Gasteiger charge is 2.18. The van der Waals surface area contributed by atoms with Gasteiger partial charge in [-0.2, -0.15) is 4.39 Å². The number of nitro groups is 1. The molecule has 1 aromatic heterocycles. The molecule has 1 heterocycles. The molecule has 6 nitrogen and oxygen atoms in total. The molecule has 0 bridgehead atoms. The molecule has 0 aliphatic rings. The molecule has 2 aromatic rings. The minimum atomic E-state index is -1.17. The Bertz CT molecular complexity index is 602. The van der Waals surface area contributed by atoms with Crippen LogP contribution in [0.25, 0.3) is 0 Å². The summed E-state index contributed by atoms with van der Waals surface area (Å²) in [6.45, 7) is 1.24. The first-order chi connectivity index (χ1) is 9.58. The topological polar surface area (TPSA) is 73.0 Å². The van der Waals surface area contributed by atoms with Crippen LogP contribution in [-0.2, 0) is 13.1 Å². The summed E-state index contributed by atoms with van der Waals surface area (Å²) < 4.78 is 28.4. The summed E-state index contributed by atoms with van der Waals surface area (Å²) in [5.41, 5.74) is -0.665. The van der Waals surface area contributed by atoms with E-state index in [0.29, 0.717) is 19.2 Å². The number of nitrogens with zero attached hydrogens (tertiary/aromatic N) is 3. The monoisotopic (exact) mass is 282 g/mol. The molecular weight excluding hydrogens is 270 g/mol. The van der Waals surface area contributed by atoms with Gasteiger partial charge in [0, 0.05) is 49.7 Å². The highest BCUT2D eigenvalue weighted by molar-refractivity contribution is 5.37. The third-order valence-corrected chi connectivity index (χ3v) is 2.73. The number of aromatic nitrogens is 2. The van der Waals surface area contributed by atoms with Gasteiger partial charge in [0.1, 0.15) is 5.82 Å². The zero-order valence-electron chi connectivity index (χ0n) is 10.4. The van der Waals surface area contributed by atoms with Gasteiger partial charge in [0.05, 0.1) is 11.3 Å². The van der Waals surface area contributed by atoms with Crippen LogP contribution >= 0.6 is 0 Å². The number of benzene rings is 1. The molecule has 0 spiro atoms. The molecule has 0 fully saturated rings. The minimum absolute atomic E-state index is 0.0590. The predicted molar refractivity (Wildman–Crippen MR) is 66.9 cm³/mol. The number of rotatable bonds is 6. The fourth-order valence-electron chi connectivity index (χ4n) is 1.71. The van der Waals surface area contributed by atoms with Gasteiger partial charge in [-0.3, -0.25) is 10.1 Å². The summed E-state index contributed by atoms with van der Waals surface area (Å²) in [6.07, 6.45) is 5.07. The fourth-order valence-corrected chi connectivity index (χ4v) is 1.71. The van der Waals surface area contributed by atoms with Crippen LogP contribution in [0.5, 0.6) is 0 Å². The molecule has 2 rings (SSSR count). The molecule has 0 radical (unpaired) electrons. The Morgan fingerprint density at radius 2 is 2.15 bits per heavy atom. The van der Waals surface area contributed by atoms with Gasteiger partial charge in [0.15, 0.2) is 0 Å². The van der Waals surface area contributed by atoms with Crippen LogP contribution < -0.4 is 5.32 Å². The molecule has 0 saturated carbocycles. The van der Waals surface area contributed by atoms with Crippen molar-refractivity contribution in [3.63, 3.8) is 0 Å². The number of hydrogen-bond donors (Lipinski definition) is 1. The van der Waals surface area contributed by atoms with E-state index < -0.39 is 22.2 Å². The molecule has 0 amide bonds. The van der Waals surface area contributed by atoms with Crippen molar-refractivity contribution in [1.82, 2.24) is 14.9 Å². The second-order valence-corrected chi connectivity index (χ2v) is 4.13. The van der Waals surface area contributed by atoms with Crippen LogP contribution in [0.4, 0.5) is 14.5 Å². The lowest BCUT2D eigenvalue weighted by atomic mass is 10.2. The van der Waals surface area contributed by atoms with Gasteiger partial charge in [0.25, 0.3) is 0 Å². The molecule has 8 heteroatoms. The Balaban J connectivity index is 1.95. The first kappa shape index (κ1) is 14.1. The van der Waals surface area contributed by atoms with Crippen LogP contribution in [0.2, 0.25) is 0 Å². The molecule has 1 N–H and O–H groups in total. The molecule has 0 aliphatic heterocycles. The minimum Gasteiger partial charge on any atom is -0.336 e. The zero-order chi connectivity index (χ0) is 14.5. The first-order valence-corrected chi connectivity index (χ1v) is 5.86. The van der Waals surface area contributed by atoms with Crippen molar-refractivity contribution in [3.05, 3.63) is 58.2 Å². The van der Waals surface area contributed by atoms with Gasteiger partial charge in [0.2, 0.25) is 5.82 Å². The van der Waals surface area contributed by atoms with Gasteiger partial charge in [-0.05, 0) is 0 Å². The van der Waals surface area contributed by atoms with E-state index in [-0.39, 0.29) is 12.1 Å². The van der Waals surface area contributed by atoms with E-state index in [1.54, 1.807) is 18.7 Å². The third kappa shape index (κ3) is 3.35. The summed E-state index contributed by atoms with van der Waals surface area (Å²) in [6, 6.07) is 1.44. The Hall–Kier alpha value is -2.35. The summed E-state index contributed by atoms with van der Waals surface area (Å²) in [5.74, 6) is -1.97. The van der Waals surface area contributed by atoms with Crippen molar-refractivity contribution in [3.8, 4) is 0 Å². The molecule has 0 unspecified atom stereocenters. The molecule has 106 valence electrons. The second-order valence-electron chi connectivity index (χ2n) is 4.13. The molecule has 20 heavy (non-hydrogen) atoms. The number of nitrogens with one attached hydrogen (secondary N) is 1. The third-order valence-electron chi connectivity index (χ3n) is 2.73. The Morgan fingerprint density at radius 1 is 1.35 bits per heavy atom. The van der Waals surface area contributed by atoms with Crippen LogP contribution in [-0.4, -0.2) is 21.0 Å². The van der Waals surface area contributed by atoms with E-state index in [1.807, 2.05) is 4.57 Å². The standard InChI is InChI=1S/C12H12F2N4O2/c13-10-6-11(14)12(18(19)20)5-9(10)7-15-1-3-17-4-2-16-8-17/h2,4-6,8,15H,1,3,7H2. The van der Waals surface area contributed by atoms with E-state index in [4.69, 9.17) is 0 Å². The van der Waals surface area contributed by atoms with Crippen molar-refractivity contribution in [2.24, 2.45) is 0 Å². The van der Waals surface area contributed by atoms with Gasteiger partial charge in [-0.15, -0.1) is 0 Å². The quantitative estimate of drug-likeness (QED) is 0.498. The maximum atomic E-state index is 13.5. The number of halogens is 2. The smallest absolute Gasteiger partial charge is 0.305 e. The van der Waals surface area contributed by atoms with Gasteiger partial charge in [-0.1, -0.05) is 0 Å².